The average molecular weight is 368 g/mol. The number of carbonyl (C=O) groups is 1. The van der Waals surface area contributed by atoms with E-state index < -0.39 is 26.2 Å². The van der Waals surface area contributed by atoms with Crippen LogP contribution in [-0.4, -0.2) is 31.7 Å². The Morgan fingerprint density at radius 3 is 2.52 bits per heavy atom. The van der Waals surface area contributed by atoms with Gasteiger partial charge in [0.1, 0.15) is 11.5 Å². The molecule has 0 amide bonds. The molecule has 1 aliphatic carbocycles. The van der Waals surface area contributed by atoms with Gasteiger partial charge in [-0.05, 0) is 30.3 Å². The first-order valence-corrected chi connectivity index (χ1v) is 11.7. The van der Waals surface area contributed by atoms with E-state index in [0.717, 1.165) is 0 Å². The molecule has 1 aliphatic rings. The fraction of sp³-hybridized carbons (Fsp3) is 0.722. The van der Waals surface area contributed by atoms with Crippen molar-refractivity contribution in [2.24, 2.45) is 11.8 Å². The zero-order valence-corrected chi connectivity index (χ0v) is 16.9. The number of Topliss-reactive ketones (excluding diaryl/α,β-unsaturated/α-hetero) is 1. The summed E-state index contributed by atoms with van der Waals surface area (Å²) in [5, 5.41) is 11.9. The van der Waals surface area contributed by atoms with Gasteiger partial charge in [-0.2, -0.15) is 0 Å². The van der Waals surface area contributed by atoms with Crippen molar-refractivity contribution in [3.05, 3.63) is 34.3 Å². The number of nitro groups is 1. The van der Waals surface area contributed by atoms with Gasteiger partial charge in [0.15, 0.2) is 8.32 Å². The number of carbonyl (C=O) groups excluding carboxylic acids is 1. The van der Waals surface area contributed by atoms with Gasteiger partial charge in [-0.15, -0.1) is 0 Å². The van der Waals surface area contributed by atoms with E-state index in [4.69, 9.17) is 8.84 Å². The van der Waals surface area contributed by atoms with Gasteiger partial charge >= 0.3 is 0 Å². The van der Waals surface area contributed by atoms with Crippen LogP contribution in [-0.2, 0) is 9.22 Å². The Hall–Kier alpha value is -1.47. The first-order valence-electron chi connectivity index (χ1n) is 8.79. The molecular formula is C18H29NO5Si. The molecule has 140 valence electrons. The van der Waals surface area contributed by atoms with E-state index in [1.165, 1.54) is 6.26 Å². The number of hydrogen-bond acceptors (Lipinski definition) is 5. The topological polar surface area (TPSA) is 82.6 Å². The predicted octanol–water partition coefficient (Wildman–Crippen LogP) is 4.26. The maximum Gasteiger partial charge on any atom is 0.228 e. The summed E-state index contributed by atoms with van der Waals surface area (Å²) in [5.74, 6) is -0.795. The zero-order chi connectivity index (χ0) is 19.0. The van der Waals surface area contributed by atoms with E-state index in [2.05, 4.69) is 33.9 Å². The molecule has 0 aromatic carbocycles. The summed E-state index contributed by atoms with van der Waals surface area (Å²) < 4.78 is 11.6. The van der Waals surface area contributed by atoms with E-state index in [1.807, 2.05) is 0 Å². The van der Waals surface area contributed by atoms with Crippen LogP contribution in [0, 0.1) is 22.0 Å². The van der Waals surface area contributed by atoms with E-state index in [-0.39, 0.29) is 34.7 Å². The molecule has 25 heavy (non-hydrogen) atoms. The SMILES string of the molecule is C[C@H]1C(=O)C[C@H](c2ccco2)[C@@H]([N+](=O)[O-])[C@H]1CO[Si](C)(C)C(C)(C)C. The number of furan rings is 1. The summed E-state index contributed by atoms with van der Waals surface area (Å²) in [5.41, 5.74) is 0. The Bertz CT molecular complexity index is 620. The van der Waals surface area contributed by atoms with Gasteiger partial charge in [-0.1, -0.05) is 27.7 Å². The molecule has 0 unspecified atom stereocenters. The van der Waals surface area contributed by atoms with Crippen LogP contribution in [0.1, 0.15) is 45.8 Å². The predicted molar refractivity (Wildman–Crippen MR) is 97.7 cm³/mol. The van der Waals surface area contributed by atoms with Gasteiger partial charge in [0.25, 0.3) is 0 Å². The van der Waals surface area contributed by atoms with Crippen molar-refractivity contribution in [2.75, 3.05) is 6.61 Å². The van der Waals surface area contributed by atoms with Gasteiger partial charge in [0, 0.05) is 23.9 Å². The van der Waals surface area contributed by atoms with Crippen LogP contribution >= 0.6 is 0 Å². The molecule has 4 atom stereocenters. The maximum atomic E-state index is 12.5. The normalized spacial score (nSPS) is 28.2. The largest absolute Gasteiger partial charge is 0.469 e. The molecule has 0 saturated heterocycles. The highest BCUT2D eigenvalue weighted by Gasteiger charge is 2.51. The standard InChI is InChI=1S/C18H29NO5Si/c1-12-14(11-24-25(5,6)18(2,3)4)17(19(21)22)13(10-15(12)20)16-8-7-9-23-16/h7-9,12-14,17H,10-11H2,1-6H3/t12-,13-,14+,17-/m1/s1. The second kappa shape index (κ2) is 7.03. The summed E-state index contributed by atoms with van der Waals surface area (Å²) in [6.45, 7) is 12.7. The van der Waals surface area contributed by atoms with Crippen molar-refractivity contribution in [3.63, 3.8) is 0 Å². The first-order chi connectivity index (χ1) is 11.5. The lowest BCUT2D eigenvalue weighted by molar-refractivity contribution is -0.540. The number of nitrogens with zero attached hydrogens (tertiary/aromatic N) is 1. The van der Waals surface area contributed by atoms with E-state index in [9.17, 15) is 14.9 Å². The summed E-state index contributed by atoms with van der Waals surface area (Å²) in [7, 11) is -2.05. The van der Waals surface area contributed by atoms with Crippen LogP contribution in [0.3, 0.4) is 0 Å². The lowest BCUT2D eigenvalue weighted by Crippen LogP contribution is -2.50. The molecule has 2 rings (SSSR count). The summed E-state index contributed by atoms with van der Waals surface area (Å²) in [4.78, 5) is 24.1. The Morgan fingerprint density at radius 1 is 1.40 bits per heavy atom. The van der Waals surface area contributed by atoms with Crippen LogP contribution < -0.4 is 0 Å². The maximum absolute atomic E-state index is 12.5. The Balaban J connectivity index is 2.28. The molecule has 1 aromatic rings. The van der Waals surface area contributed by atoms with Crippen molar-refractivity contribution in [1.29, 1.82) is 0 Å². The third-order valence-electron chi connectivity index (χ3n) is 6.02. The van der Waals surface area contributed by atoms with Gasteiger partial charge in [0.05, 0.1) is 18.1 Å². The third kappa shape index (κ3) is 4.03. The van der Waals surface area contributed by atoms with E-state index in [0.29, 0.717) is 5.76 Å². The second-order valence-electron chi connectivity index (χ2n) is 8.59. The lowest BCUT2D eigenvalue weighted by Gasteiger charge is -2.40. The fourth-order valence-electron chi connectivity index (χ4n) is 3.19. The van der Waals surface area contributed by atoms with Crippen LogP contribution in [0.2, 0.25) is 18.1 Å². The minimum Gasteiger partial charge on any atom is -0.469 e. The van der Waals surface area contributed by atoms with E-state index >= 15 is 0 Å². The molecule has 1 fully saturated rings. The minimum atomic E-state index is -2.05. The van der Waals surface area contributed by atoms with Crippen molar-refractivity contribution >= 4 is 14.1 Å². The van der Waals surface area contributed by atoms with Crippen molar-refractivity contribution in [1.82, 2.24) is 0 Å². The van der Waals surface area contributed by atoms with Crippen LogP contribution in [0.25, 0.3) is 0 Å². The summed E-state index contributed by atoms with van der Waals surface area (Å²) in [6.07, 6.45) is 1.65. The first kappa shape index (κ1) is 19.8. The Labute approximate surface area is 150 Å². The van der Waals surface area contributed by atoms with Gasteiger partial charge < -0.3 is 8.84 Å². The number of rotatable bonds is 5. The van der Waals surface area contributed by atoms with Crippen LogP contribution in [0.15, 0.2) is 22.8 Å². The number of ketones is 1. The van der Waals surface area contributed by atoms with Crippen molar-refractivity contribution in [3.8, 4) is 0 Å². The molecule has 0 spiro atoms. The molecule has 0 radical (unpaired) electrons. The molecular weight excluding hydrogens is 338 g/mol. The van der Waals surface area contributed by atoms with Crippen molar-refractivity contribution < 1.29 is 18.6 Å². The summed E-state index contributed by atoms with van der Waals surface area (Å²) >= 11 is 0. The quantitative estimate of drug-likeness (QED) is 0.441. The average Bonchev–Trinajstić information content (AvgIpc) is 3.00. The van der Waals surface area contributed by atoms with Gasteiger partial charge in [-0.3, -0.25) is 14.9 Å². The molecule has 7 heteroatoms. The monoisotopic (exact) mass is 367 g/mol. The van der Waals surface area contributed by atoms with Gasteiger partial charge in [-0.25, -0.2) is 0 Å². The van der Waals surface area contributed by atoms with Gasteiger partial charge in [0.2, 0.25) is 6.04 Å². The second-order valence-corrected chi connectivity index (χ2v) is 13.4. The lowest BCUT2D eigenvalue weighted by atomic mass is 9.70. The van der Waals surface area contributed by atoms with Crippen molar-refractivity contribution in [2.45, 2.75) is 64.2 Å². The zero-order valence-electron chi connectivity index (χ0n) is 15.9. The molecule has 6 nitrogen and oxygen atoms in total. The highest BCUT2D eigenvalue weighted by atomic mass is 28.4. The molecule has 1 saturated carbocycles. The fourth-order valence-corrected chi connectivity index (χ4v) is 4.24. The number of hydrogen-bond donors (Lipinski definition) is 0. The Kier molecular flexibility index (Phi) is 5.58. The van der Waals surface area contributed by atoms with Crippen LogP contribution in [0.4, 0.5) is 0 Å². The molecule has 1 heterocycles. The molecule has 0 aliphatic heterocycles. The smallest absolute Gasteiger partial charge is 0.228 e. The highest BCUT2D eigenvalue weighted by Crippen LogP contribution is 2.42. The Morgan fingerprint density at radius 2 is 2.04 bits per heavy atom. The van der Waals surface area contributed by atoms with Crippen LogP contribution in [0.5, 0.6) is 0 Å². The molecule has 1 aromatic heterocycles. The minimum absolute atomic E-state index is 0.0133. The highest BCUT2D eigenvalue weighted by molar-refractivity contribution is 6.74. The molecule has 0 bridgehead atoms. The summed E-state index contributed by atoms with van der Waals surface area (Å²) in [6, 6.07) is 2.55. The third-order valence-corrected chi connectivity index (χ3v) is 10.5. The molecule has 0 N–H and O–H groups in total. The van der Waals surface area contributed by atoms with E-state index in [1.54, 1.807) is 19.1 Å².